The van der Waals surface area contributed by atoms with E-state index < -0.39 is 6.10 Å². The second-order valence-electron chi connectivity index (χ2n) is 4.47. The van der Waals surface area contributed by atoms with Gasteiger partial charge in [-0.15, -0.1) is 11.3 Å². The van der Waals surface area contributed by atoms with Crippen molar-refractivity contribution in [3.8, 4) is 5.75 Å². The number of rotatable bonds is 5. The van der Waals surface area contributed by atoms with Crippen LogP contribution in [0.15, 0.2) is 35.7 Å². The molecule has 0 fully saturated rings. The highest BCUT2D eigenvalue weighted by molar-refractivity contribution is 7.09. The number of halogens is 1. The molecule has 1 unspecified atom stereocenters. The zero-order chi connectivity index (χ0) is 14.5. The molecule has 2 rings (SSSR count). The minimum absolute atomic E-state index is 0.132. The minimum atomic E-state index is -0.546. The number of aryl methyl sites for hydroxylation is 1. The Kier molecular flexibility index (Phi) is 5.04. The minimum Gasteiger partial charge on any atom is -0.481 e. The first-order valence-electron chi connectivity index (χ1n) is 6.29. The Labute approximate surface area is 127 Å². The summed E-state index contributed by atoms with van der Waals surface area (Å²) in [5, 5.41) is 5.50. The average Bonchev–Trinajstić information content (AvgIpc) is 2.92. The topological polar surface area (TPSA) is 38.3 Å². The Bertz CT molecular complexity index is 584. The Morgan fingerprint density at radius 3 is 2.90 bits per heavy atom. The zero-order valence-corrected chi connectivity index (χ0v) is 12.9. The summed E-state index contributed by atoms with van der Waals surface area (Å²) in [5.41, 5.74) is 0.912. The lowest BCUT2D eigenvalue weighted by molar-refractivity contribution is -0.127. The molecule has 1 aromatic carbocycles. The van der Waals surface area contributed by atoms with E-state index in [-0.39, 0.29) is 5.91 Å². The van der Waals surface area contributed by atoms with Crippen LogP contribution in [0.25, 0.3) is 0 Å². The monoisotopic (exact) mass is 309 g/mol. The van der Waals surface area contributed by atoms with Crippen molar-refractivity contribution in [3.63, 3.8) is 0 Å². The fraction of sp³-hybridized carbons (Fsp3) is 0.267. The van der Waals surface area contributed by atoms with Crippen molar-refractivity contribution in [1.82, 2.24) is 5.32 Å². The molecule has 1 heterocycles. The van der Waals surface area contributed by atoms with E-state index >= 15 is 0 Å². The molecule has 20 heavy (non-hydrogen) atoms. The SMILES string of the molecule is Cc1cc(Cl)ccc1OC(C)C(=O)NCc1cccs1. The van der Waals surface area contributed by atoms with Gasteiger partial charge in [-0.1, -0.05) is 17.7 Å². The Morgan fingerprint density at radius 1 is 1.45 bits per heavy atom. The molecule has 5 heteroatoms. The van der Waals surface area contributed by atoms with E-state index in [1.54, 1.807) is 30.4 Å². The second kappa shape index (κ2) is 6.77. The quantitative estimate of drug-likeness (QED) is 0.912. The van der Waals surface area contributed by atoms with E-state index in [2.05, 4.69) is 5.32 Å². The third-order valence-corrected chi connectivity index (χ3v) is 3.94. The molecule has 0 bridgehead atoms. The van der Waals surface area contributed by atoms with Gasteiger partial charge in [0, 0.05) is 9.90 Å². The van der Waals surface area contributed by atoms with Crippen molar-refractivity contribution in [2.24, 2.45) is 0 Å². The maximum Gasteiger partial charge on any atom is 0.261 e. The lowest BCUT2D eigenvalue weighted by Crippen LogP contribution is -2.35. The Hall–Kier alpha value is -1.52. The predicted molar refractivity (Wildman–Crippen MR) is 82.4 cm³/mol. The predicted octanol–water partition coefficient (Wildman–Crippen LogP) is 3.79. The Morgan fingerprint density at radius 2 is 2.25 bits per heavy atom. The zero-order valence-electron chi connectivity index (χ0n) is 11.4. The molecule has 1 N–H and O–H groups in total. The summed E-state index contributed by atoms with van der Waals surface area (Å²) in [5.74, 6) is 0.543. The summed E-state index contributed by atoms with van der Waals surface area (Å²) in [7, 11) is 0. The number of amides is 1. The van der Waals surface area contributed by atoms with Crippen molar-refractivity contribution in [1.29, 1.82) is 0 Å². The molecule has 0 aliphatic heterocycles. The molecular formula is C15H16ClNO2S. The number of thiophene rings is 1. The molecule has 1 amide bonds. The van der Waals surface area contributed by atoms with Crippen molar-refractivity contribution >= 4 is 28.8 Å². The number of carbonyl (C=O) groups excluding carboxylic acids is 1. The first kappa shape index (κ1) is 14.9. The fourth-order valence-corrected chi connectivity index (χ4v) is 2.59. The lowest BCUT2D eigenvalue weighted by Gasteiger charge is -2.16. The van der Waals surface area contributed by atoms with Crippen molar-refractivity contribution in [2.75, 3.05) is 0 Å². The molecule has 1 aromatic heterocycles. The first-order chi connectivity index (χ1) is 9.56. The number of hydrogen-bond acceptors (Lipinski definition) is 3. The number of benzene rings is 1. The molecule has 0 saturated carbocycles. The highest BCUT2D eigenvalue weighted by atomic mass is 35.5. The molecule has 0 aliphatic rings. The molecule has 0 saturated heterocycles. The standard InChI is InChI=1S/C15H16ClNO2S/c1-10-8-12(16)5-6-14(10)19-11(2)15(18)17-9-13-4-3-7-20-13/h3-8,11H,9H2,1-2H3,(H,17,18). The van der Waals surface area contributed by atoms with Crippen LogP contribution in [0.4, 0.5) is 0 Å². The highest BCUT2D eigenvalue weighted by Gasteiger charge is 2.15. The van der Waals surface area contributed by atoms with Crippen LogP contribution in [-0.2, 0) is 11.3 Å². The van der Waals surface area contributed by atoms with Crippen molar-refractivity contribution in [2.45, 2.75) is 26.5 Å². The number of carbonyl (C=O) groups is 1. The van der Waals surface area contributed by atoms with E-state index in [9.17, 15) is 4.79 Å². The van der Waals surface area contributed by atoms with Gasteiger partial charge in [-0.3, -0.25) is 4.79 Å². The third kappa shape index (κ3) is 3.99. The van der Waals surface area contributed by atoms with Gasteiger partial charge >= 0.3 is 0 Å². The number of nitrogens with one attached hydrogen (secondary N) is 1. The van der Waals surface area contributed by atoms with Gasteiger partial charge < -0.3 is 10.1 Å². The van der Waals surface area contributed by atoms with Gasteiger partial charge in [0.05, 0.1) is 6.54 Å². The van der Waals surface area contributed by atoms with E-state index in [4.69, 9.17) is 16.3 Å². The number of ether oxygens (including phenoxy) is 1. The lowest BCUT2D eigenvalue weighted by atomic mass is 10.2. The highest BCUT2D eigenvalue weighted by Crippen LogP contribution is 2.22. The molecule has 1 atom stereocenters. The first-order valence-corrected chi connectivity index (χ1v) is 7.55. The smallest absolute Gasteiger partial charge is 0.261 e. The molecular weight excluding hydrogens is 294 g/mol. The molecule has 3 nitrogen and oxygen atoms in total. The van der Waals surface area contributed by atoms with Crippen LogP contribution >= 0.6 is 22.9 Å². The van der Waals surface area contributed by atoms with Crippen molar-refractivity contribution < 1.29 is 9.53 Å². The van der Waals surface area contributed by atoms with E-state index in [0.29, 0.717) is 17.3 Å². The van der Waals surface area contributed by atoms with E-state index in [1.165, 1.54) is 0 Å². The Balaban J connectivity index is 1.90. The molecule has 106 valence electrons. The van der Waals surface area contributed by atoms with Gasteiger partial charge in [0.15, 0.2) is 6.10 Å². The maximum atomic E-state index is 12.0. The summed E-state index contributed by atoms with van der Waals surface area (Å²) >= 11 is 7.50. The summed E-state index contributed by atoms with van der Waals surface area (Å²) in [6.45, 7) is 4.17. The summed E-state index contributed by atoms with van der Waals surface area (Å²) in [6.07, 6.45) is -0.546. The summed E-state index contributed by atoms with van der Waals surface area (Å²) < 4.78 is 5.66. The normalized spacial score (nSPS) is 11.9. The molecule has 0 radical (unpaired) electrons. The van der Waals surface area contributed by atoms with Crippen LogP contribution in [0.2, 0.25) is 5.02 Å². The van der Waals surface area contributed by atoms with E-state index in [0.717, 1.165) is 10.4 Å². The number of hydrogen-bond donors (Lipinski definition) is 1. The van der Waals surface area contributed by atoms with Gasteiger partial charge in [0.2, 0.25) is 0 Å². The van der Waals surface area contributed by atoms with Crippen LogP contribution in [-0.4, -0.2) is 12.0 Å². The van der Waals surface area contributed by atoms with Crippen LogP contribution < -0.4 is 10.1 Å². The van der Waals surface area contributed by atoms with Gasteiger partial charge in [-0.05, 0) is 49.1 Å². The largest absolute Gasteiger partial charge is 0.481 e. The van der Waals surface area contributed by atoms with Gasteiger partial charge in [-0.25, -0.2) is 0 Å². The third-order valence-electron chi connectivity index (χ3n) is 2.83. The second-order valence-corrected chi connectivity index (χ2v) is 5.94. The van der Waals surface area contributed by atoms with Gasteiger partial charge in [0.1, 0.15) is 5.75 Å². The van der Waals surface area contributed by atoms with Gasteiger partial charge in [-0.2, -0.15) is 0 Å². The molecule has 0 aliphatic carbocycles. The summed E-state index contributed by atoms with van der Waals surface area (Å²) in [6, 6.07) is 9.29. The van der Waals surface area contributed by atoms with Crippen LogP contribution in [0.3, 0.4) is 0 Å². The average molecular weight is 310 g/mol. The summed E-state index contributed by atoms with van der Waals surface area (Å²) in [4.78, 5) is 13.1. The fourth-order valence-electron chi connectivity index (χ4n) is 1.72. The van der Waals surface area contributed by atoms with Crippen LogP contribution in [0.5, 0.6) is 5.75 Å². The van der Waals surface area contributed by atoms with Gasteiger partial charge in [0.25, 0.3) is 5.91 Å². The van der Waals surface area contributed by atoms with Crippen molar-refractivity contribution in [3.05, 3.63) is 51.2 Å². The van der Waals surface area contributed by atoms with Crippen LogP contribution in [0, 0.1) is 6.92 Å². The van der Waals surface area contributed by atoms with Crippen LogP contribution in [0.1, 0.15) is 17.4 Å². The maximum absolute atomic E-state index is 12.0. The van der Waals surface area contributed by atoms with E-state index in [1.807, 2.05) is 30.5 Å². The molecule has 2 aromatic rings. The molecule has 0 spiro atoms.